The minimum absolute atomic E-state index is 0.0694. The van der Waals surface area contributed by atoms with Crippen molar-refractivity contribution in [3.05, 3.63) is 20.0 Å². The van der Waals surface area contributed by atoms with E-state index in [-0.39, 0.29) is 16.3 Å². The van der Waals surface area contributed by atoms with Gasteiger partial charge in [-0.1, -0.05) is 0 Å². The van der Waals surface area contributed by atoms with Crippen LogP contribution in [0.25, 0.3) is 0 Å². The molecule has 58 valence electrons. The SMILES string of the molecule is Nc1[nH]c(=S)[nH]c(=O)c1[15N]=O. The smallest absolute Gasteiger partial charge is 0.283 e. The van der Waals surface area contributed by atoms with Gasteiger partial charge >= 0.3 is 0 Å². The number of anilines is 1. The van der Waals surface area contributed by atoms with Gasteiger partial charge in [-0.25, -0.2) is 0 Å². The molecule has 1 aromatic heterocycles. The van der Waals surface area contributed by atoms with Gasteiger partial charge < -0.3 is 10.7 Å². The second-order valence-corrected chi connectivity index (χ2v) is 2.17. The third kappa shape index (κ3) is 1.32. The predicted molar refractivity (Wildman–Crippen MR) is 42.1 cm³/mol. The van der Waals surface area contributed by atoms with Crippen molar-refractivity contribution < 1.29 is 0 Å². The van der Waals surface area contributed by atoms with Crippen molar-refractivity contribution in [3.63, 3.8) is 0 Å². The van der Waals surface area contributed by atoms with E-state index < -0.39 is 5.56 Å². The largest absolute Gasteiger partial charge is 0.383 e. The van der Waals surface area contributed by atoms with E-state index in [2.05, 4.69) is 27.4 Å². The summed E-state index contributed by atoms with van der Waals surface area (Å²) in [6.07, 6.45) is 0. The van der Waals surface area contributed by atoms with Crippen LogP contribution in [-0.2, 0) is 0 Å². The maximum absolute atomic E-state index is 10.8. The second kappa shape index (κ2) is 2.62. The summed E-state index contributed by atoms with van der Waals surface area (Å²) < 4.78 is 0.0694. The summed E-state index contributed by atoms with van der Waals surface area (Å²) in [5.74, 6) is -0.117. The highest BCUT2D eigenvalue weighted by Gasteiger charge is 2.03. The summed E-state index contributed by atoms with van der Waals surface area (Å²) in [6.45, 7) is 0. The molecule has 0 aliphatic rings. The Kier molecular flexibility index (Phi) is 1.81. The topological polar surface area (TPSA) is 104 Å². The molecule has 0 atom stereocenters. The molecule has 4 N–H and O–H groups in total. The average molecular weight is 173 g/mol. The van der Waals surface area contributed by atoms with Gasteiger partial charge in [0.1, 0.15) is 5.82 Å². The number of hydrogen-bond donors (Lipinski definition) is 3. The zero-order valence-corrected chi connectivity index (χ0v) is 6.07. The molecule has 6 nitrogen and oxygen atoms in total. The molecule has 1 rings (SSSR count). The van der Waals surface area contributed by atoms with Crippen LogP contribution in [0, 0.1) is 9.68 Å². The van der Waals surface area contributed by atoms with E-state index in [1.54, 1.807) is 0 Å². The standard InChI is InChI=1S/C4H4N4O2S/c5-2-1(8-10)3(9)7-4(11)6-2/h(H4,5,6,7,9,11)/i8+1. The molecule has 0 spiro atoms. The Labute approximate surface area is 65.4 Å². The van der Waals surface area contributed by atoms with E-state index in [1.165, 1.54) is 0 Å². The van der Waals surface area contributed by atoms with E-state index in [0.717, 1.165) is 0 Å². The van der Waals surface area contributed by atoms with Crippen molar-refractivity contribution in [2.24, 2.45) is 5.18 Å². The highest BCUT2D eigenvalue weighted by molar-refractivity contribution is 7.71. The number of hydrogen-bond acceptors (Lipinski definition) is 5. The van der Waals surface area contributed by atoms with E-state index in [0.29, 0.717) is 0 Å². The summed E-state index contributed by atoms with van der Waals surface area (Å²) >= 11 is 4.56. The number of nitrogens with zero attached hydrogens (tertiary/aromatic N) is 1. The average Bonchev–Trinajstić information content (AvgIpc) is 1.85. The molecule has 0 amide bonds. The lowest BCUT2D eigenvalue weighted by Gasteiger charge is -1.93. The zero-order chi connectivity index (χ0) is 8.43. The number of nitrogen functional groups attached to an aromatic ring is 1. The monoisotopic (exact) mass is 173 g/mol. The fraction of sp³-hybridized carbons (Fsp3) is 0. The van der Waals surface area contributed by atoms with Crippen LogP contribution in [-0.4, -0.2) is 9.97 Å². The van der Waals surface area contributed by atoms with Crippen molar-refractivity contribution in [2.45, 2.75) is 0 Å². The number of aromatic amines is 2. The number of rotatable bonds is 1. The fourth-order valence-corrected chi connectivity index (χ4v) is 0.791. The minimum Gasteiger partial charge on any atom is -0.383 e. The first kappa shape index (κ1) is 7.61. The fourth-order valence-electron chi connectivity index (χ4n) is 0.588. The lowest BCUT2D eigenvalue weighted by molar-refractivity contribution is 1.09. The molecule has 0 aliphatic carbocycles. The first-order chi connectivity index (χ1) is 5.15. The molecule has 0 aromatic carbocycles. The number of nitrogens with one attached hydrogen (secondary N) is 2. The van der Waals surface area contributed by atoms with E-state index in [1.807, 2.05) is 0 Å². The van der Waals surface area contributed by atoms with Gasteiger partial charge in [-0.3, -0.25) is 9.78 Å². The molecular formula is C4H4N4O2S. The minimum atomic E-state index is -0.679. The summed E-state index contributed by atoms with van der Waals surface area (Å²) in [5.41, 5.74) is 4.14. The number of nitroso groups, excluding NO2 is 1. The van der Waals surface area contributed by atoms with Crippen LogP contribution >= 0.6 is 12.2 Å². The Morgan fingerprint density at radius 2 is 2.09 bits per heavy atom. The Morgan fingerprint density at radius 1 is 1.45 bits per heavy atom. The van der Waals surface area contributed by atoms with Crippen LogP contribution in [0.2, 0.25) is 0 Å². The Bertz CT molecular complexity index is 392. The van der Waals surface area contributed by atoms with Crippen LogP contribution in [0.5, 0.6) is 0 Å². The first-order valence-corrected chi connectivity index (χ1v) is 3.01. The van der Waals surface area contributed by atoms with Crippen molar-refractivity contribution in [1.29, 1.82) is 0 Å². The van der Waals surface area contributed by atoms with E-state index in [4.69, 9.17) is 5.73 Å². The lowest BCUT2D eigenvalue weighted by Crippen LogP contribution is -2.09. The normalized spacial score (nSPS) is 9.45. The quantitative estimate of drug-likeness (QED) is 0.325. The summed E-state index contributed by atoms with van der Waals surface area (Å²) in [4.78, 5) is 25.3. The van der Waals surface area contributed by atoms with E-state index >= 15 is 0 Å². The Morgan fingerprint density at radius 3 is 2.55 bits per heavy atom. The van der Waals surface area contributed by atoms with Crippen LogP contribution in [0.3, 0.4) is 0 Å². The number of H-pyrrole nitrogens is 2. The molecule has 0 radical (unpaired) electrons. The third-order valence-corrected chi connectivity index (χ3v) is 1.24. The van der Waals surface area contributed by atoms with Gasteiger partial charge in [-0.05, 0) is 17.4 Å². The van der Waals surface area contributed by atoms with Gasteiger partial charge in [0, 0.05) is 0 Å². The highest BCUT2D eigenvalue weighted by atomic mass is 32.1. The molecule has 0 fully saturated rings. The summed E-state index contributed by atoms with van der Waals surface area (Å²) in [6, 6.07) is 0. The van der Waals surface area contributed by atoms with Gasteiger partial charge in [0.15, 0.2) is 4.77 Å². The zero-order valence-electron chi connectivity index (χ0n) is 5.25. The molecule has 11 heavy (non-hydrogen) atoms. The molecular weight excluding hydrogens is 169 g/mol. The summed E-state index contributed by atoms with van der Waals surface area (Å²) in [7, 11) is 0. The molecule has 0 bridgehead atoms. The van der Waals surface area contributed by atoms with Crippen LogP contribution in [0.1, 0.15) is 0 Å². The molecule has 0 saturated heterocycles. The van der Waals surface area contributed by atoms with Crippen LogP contribution in [0.4, 0.5) is 11.5 Å². The van der Waals surface area contributed by atoms with Gasteiger partial charge in [0.05, 0.1) is 0 Å². The van der Waals surface area contributed by atoms with Gasteiger partial charge in [0.25, 0.3) is 5.56 Å². The number of nitrogens with two attached hydrogens (primary N) is 1. The maximum Gasteiger partial charge on any atom is 0.283 e. The van der Waals surface area contributed by atoms with Gasteiger partial charge in [-0.15, -0.1) is 4.91 Å². The predicted octanol–water partition coefficient (Wildman–Crippen LogP) is 0.413. The second-order valence-electron chi connectivity index (χ2n) is 1.76. The first-order valence-electron chi connectivity index (χ1n) is 2.60. The molecule has 0 saturated carbocycles. The van der Waals surface area contributed by atoms with Crippen molar-refractivity contribution in [3.8, 4) is 0 Å². The highest BCUT2D eigenvalue weighted by Crippen LogP contribution is 2.09. The Hall–Kier alpha value is -1.50. The van der Waals surface area contributed by atoms with Crippen molar-refractivity contribution in [1.82, 2.24) is 9.97 Å². The van der Waals surface area contributed by atoms with Crippen molar-refractivity contribution in [2.75, 3.05) is 5.73 Å². The molecule has 1 heterocycles. The van der Waals surface area contributed by atoms with Crippen LogP contribution < -0.4 is 11.3 Å². The van der Waals surface area contributed by atoms with Gasteiger partial charge in [-0.2, -0.15) is 0 Å². The molecule has 1 aromatic rings. The molecule has 7 heteroatoms. The molecule has 0 unspecified atom stereocenters. The summed E-state index contributed by atoms with van der Waals surface area (Å²) in [5, 5.41) is 2.41. The van der Waals surface area contributed by atoms with Gasteiger partial charge in [0.2, 0.25) is 5.69 Å². The maximum atomic E-state index is 10.8. The molecule has 0 aliphatic heterocycles. The van der Waals surface area contributed by atoms with E-state index in [9.17, 15) is 9.70 Å². The number of aromatic nitrogens is 2. The lowest BCUT2D eigenvalue weighted by atomic mass is 10.5. The Balaban J connectivity index is 3.62. The third-order valence-electron chi connectivity index (χ3n) is 1.04. The van der Waals surface area contributed by atoms with Crippen LogP contribution in [0.15, 0.2) is 9.97 Å². The van der Waals surface area contributed by atoms with Crippen molar-refractivity contribution >= 4 is 23.7 Å².